The maximum Gasteiger partial charge on any atom is 0.246 e. The van der Waals surface area contributed by atoms with Gasteiger partial charge in [0, 0.05) is 88.6 Å². The van der Waals surface area contributed by atoms with Crippen molar-refractivity contribution in [2.24, 2.45) is 39.4 Å². The molecule has 11 atom stereocenters. The molecule has 129 heavy (non-hydrogen) atoms. The molecule has 18 N–H and O–H groups in total. The minimum atomic E-state index is -1.60. The van der Waals surface area contributed by atoms with E-state index in [0.717, 1.165) is 31.2 Å². The van der Waals surface area contributed by atoms with Crippen molar-refractivity contribution in [2.45, 2.75) is 346 Å². The second-order valence-electron chi connectivity index (χ2n) is 36.4. The molecular formula is C98H151N17O14. The van der Waals surface area contributed by atoms with E-state index in [-0.39, 0.29) is 120 Å². The number of aliphatic hydroxyl groups is 1. The minimum absolute atomic E-state index is 0.0147. The third-order valence-corrected chi connectivity index (χ3v) is 23.7. The molecule has 0 bridgehead atoms. The molecule has 31 nitrogen and oxygen atoms in total. The topological polar surface area (TPSA) is 485 Å². The highest BCUT2D eigenvalue weighted by molar-refractivity contribution is 5.99. The molecule has 1 saturated heterocycles. The van der Waals surface area contributed by atoms with Crippen LogP contribution < -0.4 is 70.4 Å². The molecule has 0 spiro atoms. The van der Waals surface area contributed by atoms with Crippen LogP contribution in [0.2, 0.25) is 0 Å². The SMILES string of the molecule is CCCCCCCCCCCCCCCC(=O)NCCCCCC(=O)NCCCC[C@@H]1NC(=O)[C@@H]2CCCN2C(=O)[C@H](C(c2ccccc2)c2ccccc2)NC(=O)[C@H](Cc2cnc[nH]2)CC(=O)[C@H]([C@@H](C)O)NC(=O)[C@@H](NC(=O)CC(C)C)CCC/C=C/CCC[C@@H](C(=O)N[C@H](CC(=O)N[C@H](CCCN=C(N)N)C(N)=O)Cc2ccccc2)NC(=O)[C@H](C(C)(C)C)NC1=O. The molecule has 0 unspecified atom stereocenters. The van der Waals surface area contributed by atoms with Crippen LogP contribution >= 0.6 is 0 Å². The number of aliphatic imine (C=N–C) groups is 1. The Hall–Kier alpha value is -10.9. The fraction of sp³-hybridized carbons (Fsp3) is 0.622. The second-order valence-corrected chi connectivity index (χ2v) is 36.4. The van der Waals surface area contributed by atoms with Crippen molar-refractivity contribution in [1.82, 2.24) is 68.0 Å². The Bertz CT molecular complexity index is 4100. The molecule has 0 saturated carbocycles. The van der Waals surface area contributed by atoms with Crippen molar-refractivity contribution in [3.8, 4) is 0 Å². The molecule has 31 heteroatoms. The van der Waals surface area contributed by atoms with E-state index in [1.165, 1.54) is 88.6 Å². The maximum absolute atomic E-state index is 16.2. The molecule has 3 aromatic carbocycles. The zero-order valence-electron chi connectivity index (χ0n) is 77.6. The van der Waals surface area contributed by atoms with Crippen LogP contribution in [0.3, 0.4) is 0 Å². The largest absolute Gasteiger partial charge is 0.391 e. The summed E-state index contributed by atoms with van der Waals surface area (Å²) in [5.41, 5.74) is 18.1. The normalized spacial score (nSPS) is 20.3. The number of hydrogen-bond acceptors (Lipinski definition) is 16. The lowest BCUT2D eigenvalue weighted by Gasteiger charge is -2.35. The van der Waals surface area contributed by atoms with Gasteiger partial charge >= 0.3 is 0 Å². The molecule has 2 aliphatic rings. The Kier molecular flexibility index (Phi) is 49.2. The molecular weight excluding hydrogens is 1640 g/mol. The number of ketones is 1. The van der Waals surface area contributed by atoms with Crippen LogP contribution in [0, 0.1) is 17.3 Å². The van der Waals surface area contributed by atoms with Crippen molar-refractivity contribution in [2.75, 3.05) is 26.2 Å². The van der Waals surface area contributed by atoms with Crippen LogP contribution in [0.15, 0.2) is 121 Å². The average molecular weight is 1790 g/mol. The number of rotatable bonds is 46. The Labute approximate surface area is 763 Å². The van der Waals surface area contributed by atoms with E-state index in [2.05, 4.69) is 75.1 Å². The van der Waals surface area contributed by atoms with Gasteiger partial charge in [-0.1, -0.05) is 228 Å². The summed E-state index contributed by atoms with van der Waals surface area (Å²) in [5, 5.41) is 40.7. The molecule has 3 heterocycles. The van der Waals surface area contributed by atoms with Gasteiger partial charge in [-0.2, -0.15) is 0 Å². The van der Waals surface area contributed by atoms with Gasteiger partial charge in [-0.3, -0.25) is 67.3 Å². The van der Waals surface area contributed by atoms with E-state index in [0.29, 0.717) is 81.2 Å². The highest BCUT2D eigenvalue weighted by Gasteiger charge is 2.45. The molecule has 1 fully saturated rings. The van der Waals surface area contributed by atoms with Gasteiger partial charge in [0.2, 0.25) is 70.9 Å². The Balaban J connectivity index is 1.33. The van der Waals surface area contributed by atoms with Gasteiger partial charge in [-0.15, -0.1) is 0 Å². The molecule has 2 aliphatic heterocycles. The van der Waals surface area contributed by atoms with Crippen molar-refractivity contribution in [3.63, 3.8) is 0 Å². The van der Waals surface area contributed by atoms with Gasteiger partial charge in [0.25, 0.3) is 0 Å². The van der Waals surface area contributed by atoms with E-state index in [1.807, 2.05) is 68.5 Å². The first-order valence-corrected chi connectivity index (χ1v) is 47.5. The van der Waals surface area contributed by atoms with Crippen LogP contribution in [-0.2, 0) is 75.2 Å². The van der Waals surface area contributed by atoms with E-state index in [9.17, 15) is 38.7 Å². The number of primary amides is 1. The average Bonchev–Trinajstić information content (AvgIpc) is 1.78. The summed E-state index contributed by atoms with van der Waals surface area (Å²) in [7, 11) is 0. The van der Waals surface area contributed by atoms with E-state index in [1.54, 1.807) is 69.3 Å². The molecule has 0 radical (unpaired) electrons. The number of nitrogens with two attached hydrogens (primary N) is 3. The number of nitrogens with zero attached hydrogens (tertiary/aromatic N) is 3. The van der Waals surface area contributed by atoms with Gasteiger partial charge in [-0.05, 0) is 144 Å². The Morgan fingerprint density at radius 3 is 1.71 bits per heavy atom. The van der Waals surface area contributed by atoms with E-state index >= 15 is 28.8 Å². The fourth-order valence-corrected chi connectivity index (χ4v) is 16.6. The van der Waals surface area contributed by atoms with Gasteiger partial charge in [0.05, 0.1) is 18.3 Å². The number of Topliss-reactive ketones (excluding diaryl/α,β-unsaturated/α-hetero) is 1. The van der Waals surface area contributed by atoms with Crippen molar-refractivity contribution < 1.29 is 67.4 Å². The fourth-order valence-electron chi connectivity index (χ4n) is 16.6. The predicted octanol–water partition coefficient (Wildman–Crippen LogP) is 9.23. The van der Waals surface area contributed by atoms with Crippen LogP contribution in [0.25, 0.3) is 0 Å². The summed E-state index contributed by atoms with van der Waals surface area (Å²) in [4.78, 5) is 202. The summed E-state index contributed by atoms with van der Waals surface area (Å²) < 4.78 is 0. The first-order chi connectivity index (χ1) is 61.9. The smallest absolute Gasteiger partial charge is 0.246 e. The number of amides is 12. The second kappa shape index (κ2) is 59.4. The van der Waals surface area contributed by atoms with Crippen LogP contribution in [-0.4, -0.2) is 189 Å². The van der Waals surface area contributed by atoms with Crippen molar-refractivity contribution in [1.29, 1.82) is 0 Å². The lowest BCUT2D eigenvalue weighted by Crippen LogP contribution is -2.62. The zero-order chi connectivity index (χ0) is 93.9. The number of nitrogens with one attached hydrogen (secondary N) is 11. The number of aromatic amines is 1. The highest BCUT2D eigenvalue weighted by Crippen LogP contribution is 2.33. The van der Waals surface area contributed by atoms with E-state index in [4.69, 9.17) is 17.2 Å². The summed E-state index contributed by atoms with van der Waals surface area (Å²) in [6.07, 6.45) is 25.9. The number of aromatic nitrogens is 2. The molecule has 0 aliphatic carbocycles. The first-order valence-electron chi connectivity index (χ1n) is 47.5. The number of allylic oxidation sites excluding steroid dienone is 2. The lowest BCUT2D eigenvalue weighted by atomic mass is 9.83. The molecule has 1 aromatic heterocycles. The lowest BCUT2D eigenvalue weighted by molar-refractivity contribution is -0.143. The zero-order valence-corrected chi connectivity index (χ0v) is 77.6. The third-order valence-electron chi connectivity index (χ3n) is 23.7. The number of hydrogen-bond donors (Lipinski definition) is 15. The Morgan fingerprint density at radius 2 is 1.15 bits per heavy atom. The number of fused-ring (bicyclic) bond motifs is 1. The summed E-state index contributed by atoms with van der Waals surface area (Å²) in [6.45, 7) is 13.4. The number of aliphatic hydroxyl groups excluding tert-OH is 1. The predicted molar refractivity (Wildman–Crippen MR) is 500 cm³/mol. The van der Waals surface area contributed by atoms with Crippen molar-refractivity contribution >= 4 is 82.6 Å². The summed E-state index contributed by atoms with van der Waals surface area (Å²) >= 11 is 0. The van der Waals surface area contributed by atoms with Gasteiger partial charge in [-0.25, -0.2) is 4.98 Å². The van der Waals surface area contributed by atoms with Crippen molar-refractivity contribution in [3.05, 3.63) is 138 Å². The number of guanidine groups is 1. The van der Waals surface area contributed by atoms with Gasteiger partial charge in [0.15, 0.2) is 11.7 Å². The number of imidazole rings is 1. The quantitative estimate of drug-likeness (QED) is 0.00848. The standard InChI is InChI=1S/C98H151N17O14/c1-8-9-10-11-12-13-14-15-16-17-18-23-36-54-81(118)103-56-39-27-37-55-82(119)104-57-40-38-51-78-93(126)114-88(98(5,6)7)95(128)111-77(91(124)107-73(61-69-43-28-24-29-44-69)64-84(121)108-75(89(99)122)52-41-58-105-97(100)101)50-35-22-20-19-21-34-49-76(109-83(120)60-67(2)3)92(125)112-86(68(4)116)80(117)63-72(62-74-65-102-66-106-74)90(123)113-87(96(129)115-59-42-53-79(115)94(127)110-78)85(70-45-30-25-31-46-70)71-47-32-26-33-48-71/h19-20,24-26,28-33,43-48,65-68,72-73,75-79,85-88,116H,8-18,21-23,27,34-42,49-64H2,1-7H3,(H2,99,122)(H,102,106)(H,103,118)(H,104,119)(H,107,124)(H,108,121)(H,109,120)(H,110,127)(H,111,128)(H,112,125)(H,113,123)(H,114,126)(H4,100,101,105)/b20-19+/t68-,72-,73+,75-,76+,77+,78+,79+,86+,87+,88-/m1/s1. The molecule has 6 rings (SSSR count). The minimum Gasteiger partial charge on any atom is -0.391 e. The Morgan fingerprint density at radius 1 is 0.581 bits per heavy atom. The van der Waals surface area contributed by atoms with E-state index < -0.39 is 149 Å². The highest BCUT2D eigenvalue weighted by atomic mass is 16.3. The molecule has 12 amide bonds. The number of carbonyl (C=O) groups is 13. The van der Waals surface area contributed by atoms with Crippen LogP contribution in [0.1, 0.15) is 295 Å². The van der Waals surface area contributed by atoms with Crippen LogP contribution in [0.4, 0.5) is 0 Å². The monoisotopic (exact) mass is 1790 g/mol. The summed E-state index contributed by atoms with van der Waals surface area (Å²) in [6, 6.07) is 15.4. The first kappa shape index (κ1) is 107. The van der Waals surface area contributed by atoms with Crippen LogP contribution in [0.5, 0.6) is 0 Å². The number of benzene rings is 3. The number of H-pyrrole nitrogens is 1. The molecule has 4 aromatic rings. The van der Waals surface area contributed by atoms with Gasteiger partial charge in [0.1, 0.15) is 48.3 Å². The number of carbonyl (C=O) groups excluding carboxylic acids is 13. The maximum atomic E-state index is 16.2. The number of unbranched alkanes of at least 4 members (excludes halogenated alkanes) is 15. The summed E-state index contributed by atoms with van der Waals surface area (Å²) in [5.74, 6) is -10.4. The third kappa shape index (κ3) is 41.2. The molecule has 712 valence electrons. The van der Waals surface area contributed by atoms with Gasteiger partial charge < -0.3 is 85.4 Å².